The highest BCUT2D eigenvalue weighted by atomic mass is 35.5. The Hall–Kier alpha value is -0.610. The quantitative estimate of drug-likeness (QED) is 0.813. The van der Waals surface area contributed by atoms with Gasteiger partial charge in [-0.3, -0.25) is 4.90 Å². The summed E-state index contributed by atoms with van der Waals surface area (Å²) in [6.07, 6.45) is -0.456. The van der Waals surface area contributed by atoms with E-state index in [4.69, 9.17) is 16.3 Å². The fraction of sp³-hybridized carbons (Fsp3) is 0.538. The van der Waals surface area contributed by atoms with Crippen molar-refractivity contribution in [1.82, 2.24) is 4.90 Å². The van der Waals surface area contributed by atoms with Crippen molar-refractivity contribution in [3.63, 3.8) is 0 Å². The van der Waals surface area contributed by atoms with Gasteiger partial charge in [-0.2, -0.15) is 0 Å². The molecular weight excluding hydrogens is 238 g/mol. The first-order valence-electron chi connectivity index (χ1n) is 5.81. The molecule has 0 bridgehead atoms. The van der Waals surface area contributed by atoms with Crippen LogP contribution in [0.1, 0.15) is 12.5 Å². The Morgan fingerprint density at radius 1 is 1.41 bits per heavy atom. The zero-order valence-electron chi connectivity index (χ0n) is 10.4. The number of ether oxygens (including phenoxy) is 1. The van der Waals surface area contributed by atoms with Crippen LogP contribution in [0.5, 0.6) is 0 Å². The maximum absolute atomic E-state index is 9.70. The molecule has 0 aliphatic carbocycles. The number of nitrogens with zero attached hydrogens (tertiary/aromatic N) is 1. The zero-order valence-corrected chi connectivity index (χ0v) is 11.2. The third-order valence-electron chi connectivity index (χ3n) is 2.43. The van der Waals surface area contributed by atoms with Crippen molar-refractivity contribution in [2.24, 2.45) is 0 Å². The van der Waals surface area contributed by atoms with Crippen LogP contribution >= 0.6 is 11.6 Å². The molecule has 0 amide bonds. The lowest BCUT2D eigenvalue weighted by molar-refractivity contribution is 0.0244. The van der Waals surface area contributed by atoms with Gasteiger partial charge in [0.25, 0.3) is 0 Å². The lowest BCUT2D eigenvalue weighted by Crippen LogP contribution is -2.31. The molecule has 0 saturated carbocycles. The van der Waals surface area contributed by atoms with Gasteiger partial charge in [0.05, 0.1) is 12.7 Å². The summed E-state index contributed by atoms with van der Waals surface area (Å²) in [5, 5.41) is 10.5. The molecule has 1 N–H and O–H groups in total. The van der Waals surface area contributed by atoms with Crippen molar-refractivity contribution >= 4 is 11.6 Å². The molecule has 0 heterocycles. The molecule has 0 spiro atoms. The number of aliphatic hydroxyl groups is 1. The van der Waals surface area contributed by atoms with Gasteiger partial charge in [0.1, 0.15) is 0 Å². The zero-order chi connectivity index (χ0) is 12.7. The molecule has 1 aromatic carbocycles. The van der Waals surface area contributed by atoms with Gasteiger partial charge in [-0.1, -0.05) is 29.8 Å². The van der Waals surface area contributed by atoms with E-state index in [2.05, 4.69) is 0 Å². The van der Waals surface area contributed by atoms with E-state index in [0.29, 0.717) is 19.8 Å². The third kappa shape index (κ3) is 5.50. The molecule has 0 aromatic heterocycles. The maximum Gasteiger partial charge on any atom is 0.0900 e. The van der Waals surface area contributed by atoms with E-state index in [1.165, 1.54) is 0 Å². The second kappa shape index (κ2) is 7.67. The number of likely N-dealkylation sites (N-methyl/N-ethyl adjacent to an activating group) is 1. The Kier molecular flexibility index (Phi) is 6.52. The van der Waals surface area contributed by atoms with Gasteiger partial charge in [-0.15, -0.1) is 0 Å². The summed E-state index contributed by atoms with van der Waals surface area (Å²) in [6, 6.07) is 7.75. The van der Waals surface area contributed by atoms with Crippen LogP contribution in [0.3, 0.4) is 0 Å². The second-order valence-corrected chi connectivity index (χ2v) is 4.51. The highest BCUT2D eigenvalue weighted by Gasteiger charge is 2.09. The lowest BCUT2D eigenvalue weighted by atomic mass is 10.2. The van der Waals surface area contributed by atoms with Crippen molar-refractivity contribution in [2.75, 3.05) is 26.8 Å². The van der Waals surface area contributed by atoms with E-state index >= 15 is 0 Å². The van der Waals surface area contributed by atoms with E-state index in [1.807, 2.05) is 43.1 Å². The molecule has 96 valence electrons. The van der Waals surface area contributed by atoms with Gasteiger partial charge in [0.2, 0.25) is 0 Å². The molecule has 1 aromatic rings. The van der Waals surface area contributed by atoms with Crippen LogP contribution < -0.4 is 0 Å². The van der Waals surface area contributed by atoms with Crippen LogP contribution in [-0.2, 0) is 11.3 Å². The van der Waals surface area contributed by atoms with Crippen LogP contribution in [-0.4, -0.2) is 42.9 Å². The van der Waals surface area contributed by atoms with Gasteiger partial charge in [-0.05, 0) is 25.6 Å². The number of aliphatic hydroxyl groups excluding tert-OH is 1. The van der Waals surface area contributed by atoms with Crippen LogP contribution in [0.15, 0.2) is 24.3 Å². The predicted molar refractivity (Wildman–Crippen MR) is 70.3 cm³/mol. The molecule has 0 radical (unpaired) electrons. The van der Waals surface area contributed by atoms with Gasteiger partial charge in [0, 0.05) is 24.7 Å². The molecule has 1 unspecified atom stereocenters. The van der Waals surface area contributed by atoms with Crippen molar-refractivity contribution in [1.29, 1.82) is 0 Å². The smallest absolute Gasteiger partial charge is 0.0900 e. The standard InChI is InChI=1S/C13H20ClNO2/c1-3-17-10-12(16)9-15(2)8-11-6-4-5-7-13(11)14/h4-7,12,16H,3,8-10H2,1-2H3. The Morgan fingerprint density at radius 3 is 2.76 bits per heavy atom. The summed E-state index contributed by atoms with van der Waals surface area (Å²) in [7, 11) is 1.96. The lowest BCUT2D eigenvalue weighted by Gasteiger charge is -2.20. The first-order chi connectivity index (χ1) is 8.13. The fourth-order valence-electron chi connectivity index (χ4n) is 1.65. The molecule has 0 aliphatic heterocycles. The first kappa shape index (κ1) is 14.5. The largest absolute Gasteiger partial charge is 0.389 e. The van der Waals surface area contributed by atoms with Crippen LogP contribution in [0, 0.1) is 0 Å². The number of rotatable bonds is 7. The van der Waals surface area contributed by atoms with E-state index < -0.39 is 6.10 Å². The van der Waals surface area contributed by atoms with Crippen molar-refractivity contribution < 1.29 is 9.84 Å². The highest BCUT2D eigenvalue weighted by molar-refractivity contribution is 6.31. The monoisotopic (exact) mass is 257 g/mol. The summed E-state index contributed by atoms with van der Waals surface area (Å²) in [6.45, 7) is 4.23. The maximum atomic E-state index is 9.70. The van der Waals surface area contributed by atoms with E-state index in [9.17, 15) is 5.11 Å². The number of hydrogen-bond acceptors (Lipinski definition) is 3. The van der Waals surface area contributed by atoms with E-state index in [1.54, 1.807) is 0 Å². The first-order valence-corrected chi connectivity index (χ1v) is 6.19. The van der Waals surface area contributed by atoms with Gasteiger partial charge in [-0.25, -0.2) is 0 Å². The summed E-state index contributed by atoms with van der Waals surface area (Å²) in [5.41, 5.74) is 1.07. The molecule has 1 rings (SSSR count). The Balaban J connectivity index is 2.39. The van der Waals surface area contributed by atoms with Crippen molar-refractivity contribution in [3.05, 3.63) is 34.9 Å². The third-order valence-corrected chi connectivity index (χ3v) is 2.80. The van der Waals surface area contributed by atoms with Gasteiger partial charge >= 0.3 is 0 Å². The summed E-state index contributed by atoms with van der Waals surface area (Å²) in [4.78, 5) is 2.03. The van der Waals surface area contributed by atoms with Crippen molar-refractivity contribution in [3.8, 4) is 0 Å². The van der Waals surface area contributed by atoms with Gasteiger partial charge < -0.3 is 9.84 Å². The van der Waals surface area contributed by atoms with Crippen LogP contribution in [0.25, 0.3) is 0 Å². The minimum atomic E-state index is -0.456. The molecule has 0 saturated heterocycles. The molecule has 3 nitrogen and oxygen atoms in total. The second-order valence-electron chi connectivity index (χ2n) is 4.10. The van der Waals surface area contributed by atoms with Crippen LogP contribution in [0.2, 0.25) is 5.02 Å². The summed E-state index contributed by atoms with van der Waals surface area (Å²) < 4.78 is 5.17. The van der Waals surface area contributed by atoms with Gasteiger partial charge in [0.15, 0.2) is 0 Å². The Labute approximate surface area is 108 Å². The SMILES string of the molecule is CCOCC(O)CN(C)Cc1ccccc1Cl. The van der Waals surface area contributed by atoms with Crippen molar-refractivity contribution in [2.45, 2.75) is 19.6 Å². The Bertz CT molecular complexity index is 333. The number of hydrogen-bond donors (Lipinski definition) is 1. The minimum absolute atomic E-state index is 0.378. The molecular formula is C13H20ClNO2. The number of halogens is 1. The van der Waals surface area contributed by atoms with Crippen LogP contribution in [0.4, 0.5) is 0 Å². The molecule has 1 atom stereocenters. The summed E-state index contributed by atoms with van der Waals surface area (Å²) >= 11 is 6.07. The topological polar surface area (TPSA) is 32.7 Å². The molecule has 4 heteroatoms. The Morgan fingerprint density at radius 2 is 2.12 bits per heavy atom. The fourth-order valence-corrected chi connectivity index (χ4v) is 1.84. The predicted octanol–water partition coefficient (Wildman–Crippen LogP) is 2.17. The average molecular weight is 258 g/mol. The minimum Gasteiger partial charge on any atom is -0.389 e. The van der Waals surface area contributed by atoms with E-state index in [0.717, 1.165) is 17.1 Å². The highest BCUT2D eigenvalue weighted by Crippen LogP contribution is 2.16. The van der Waals surface area contributed by atoms with E-state index in [-0.39, 0.29) is 0 Å². The summed E-state index contributed by atoms with van der Waals surface area (Å²) in [5.74, 6) is 0. The normalized spacial score (nSPS) is 13.0. The molecule has 17 heavy (non-hydrogen) atoms. The average Bonchev–Trinajstić information content (AvgIpc) is 2.29. The molecule has 0 fully saturated rings. The molecule has 0 aliphatic rings. The number of benzene rings is 1.